The van der Waals surface area contributed by atoms with Gasteiger partial charge in [-0.1, -0.05) is 0 Å². The van der Waals surface area contributed by atoms with Crippen LogP contribution in [0.3, 0.4) is 0 Å². The second kappa shape index (κ2) is 6.26. The second-order valence-electron chi connectivity index (χ2n) is 4.75. The smallest absolute Gasteiger partial charge is 0.242 e. The van der Waals surface area contributed by atoms with Crippen LogP contribution in [0.15, 0.2) is 24.3 Å². The molecule has 4 nitrogen and oxygen atoms in total. The number of terminal acetylenes is 1. The van der Waals surface area contributed by atoms with Crippen LogP contribution in [0.5, 0.6) is 0 Å². The van der Waals surface area contributed by atoms with Crippen molar-refractivity contribution in [3.63, 3.8) is 0 Å². The maximum atomic E-state index is 11.7. The zero-order valence-electron chi connectivity index (χ0n) is 10.9. The van der Waals surface area contributed by atoms with Crippen molar-refractivity contribution in [3.05, 3.63) is 24.3 Å². The Kier molecular flexibility index (Phi) is 4.43. The lowest BCUT2D eigenvalue weighted by Gasteiger charge is -2.18. The summed E-state index contributed by atoms with van der Waals surface area (Å²) in [6.07, 6.45) is 7.88. The Morgan fingerprint density at radius 1 is 1.37 bits per heavy atom. The number of carbonyl (C=O) groups is 1. The minimum atomic E-state index is -0.650. The van der Waals surface area contributed by atoms with E-state index in [-0.39, 0.29) is 12.3 Å². The average molecular weight is 257 g/mol. The molecule has 1 aliphatic heterocycles. The highest BCUT2D eigenvalue weighted by molar-refractivity contribution is 5.95. The number of amides is 1. The largest absolute Gasteiger partial charge is 0.372 e. The summed E-state index contributed by atoms with van der Waals surface area (Å²) < 4.78 is 0. The molecular formula is C15H19N3O. The summed E-state index contributed by atoms with van der Waals surface area (Å²) in [5.41, 5.74) is 7.59. The minimum Gasteiger partial charge on any atom is -0.372 e. The topological polar surface area (TPSA) is 58.4 Å². The van der Waals surface area contributed by atoms with Crippen molar-refractivity contribution < 1.29 is 4.79 Å². The first-order chi connectivity index (χ1) is 9.20. The molecule has 1 aromatic carbocycles. The lowest BCUT2D eigenvalue weighted by atomic mass is 10.2. The van der Waals surface area contributed by atoms with E-state index >= 15 is 0 Å². The van der Waals surface area contributed by atoms with E-state index in [0.29, 0.717) is 0 Å². The van der Waals surface area contributed by atoms with Gasteiger partial charge in [0.2, 0.25) is 5.91 Å². The molecule has 0 radical (unpaired) electrons. The van der Waals surface area contributed by atoms with Crippen LogP contribution in [-0.2, 0) is 4.79 Å². The number of anilines is 2. The molecule has 1 saturated heterocycles. The highest BCUT2D eigenvalue weighted by atomic mass is 16.2. The first-order valence-electron chi connectivity index (χ1n) is 6.55. The average Bonchev–Trinajstić information content (AvgIpc) is 2.94. The Bertz CT molecular complexity index is 469. The number of nitrogens with zero attached hydrogens (tertiary/aromatic N) is 1. The standard InChI is InChI=1S/C15H19N3O/c1-2-5-14(16)15(19)17-12-6-8-13(9-7-12)18-10-3-4-11-18/h1,6-9,14H,3-5,10-11,16H2,(H,17,19). The summed E-state index contributed by atoms with van der Waals surface area (Å²) in [5, 5.41) is 2.77. The summed E-state index contributed by atoms with van der Waals surface area (Å²) in [6.45, 7) is 2.22. The van der Waals surface area contributed by atoms with Gasteiger partial charge in [0, 0.05) is 30.9 Å². The van der Waals surface area contributed by atoms with Gasteiger partial charge in [-0.05, 0) is 37.1 Å². The predicted molar refractivity (Wildman–Crippen MR) is 77.9 cm³/mol. The molecule has 3 N–H and O–H groups in total. The van der Waals surface area contributed by atoms with Gasteiger partial charge in [0.15, 0.2) is 0 Å². The third kappa shape index (κ3) is 3.49. The molecule has 1 atom stereocenters. The van der Waals surface area contributed by atoms with Crippen LogP contribution in [0.2, 0.25) is 0 Å². The van der Waals surface area contributed by atoms with Crippen molar-refractivity contribution in [3.8, 4) is 12.3 Å². The third-order valence-corrected chi connectivity index (χ3v) is 3.28. The number of benzene rings is 1. The Hall–Kier alpha value is -1.99. The van der Waals surface area contributed by atoms with E-state index in [1.165, 1.54) is 18.5 Å². The summed E-state index contributed by atoms with van der Waals surface area (Å²) in [6, 6.07) is 7.19. The second-order valence-corrected chi connectivity index (χ2v) is 4.75. The minimum absolute atomic E-state index is 0.244. The molecule has 4 heteroatoms. The van der Waals surface area contributed by atoms with E-state index < -0.39 is 6.04 Å². The molecule has 0 aliphatic carbocycles. The zero-order chi connectivity index (χ0) is 13.7. The van der Waals surface area contributed by atoms with Crippen molar-refractivity contribution in [2.45, 2.75) is 25.3 Å². The fourth-order valence-electron chi connectivity index (χ4n) is 2.19. The Morgan fingerprint density at radius 3 is 2.58 bits per heavy atom. The van der Waals surface area contributed by atoms with Crippen LogP contribution in [0.25, 0.3) is 0 Å². The lowest BCUT2D eigenvalue weighted by Crippen LogP contribution is -2.35. The van der Waals surface area contributed by atoms with E-state index in [1.54, 1.807) is 0 Å². The van der Waals surface area contributed by atoms with Crippen molar-refractivity contribution in [1.29, 1.82) is 0 Å². The summed E-state index contributed by atoms with van der Waals surface area (Å²) in [4.78, 5) is 14.0. The van der Waals surface area contributed by atoms with Crippen molar-refractivity contribution in [2.75, 3.05) is 23.3 Å². The van der Waals surface area contributed by atoms with E-state index in [0.717, 1.165) is 18.8 Å². The number of nitrogens with one attached hydrogen (secondary N) is 1. The molecule has 1 aromatic rings. The highest BCUT2D eigenvalue weighted by Crippen LogP contribution is 2.22. The molecule has 0 aromatic heterocycles. The van der Waals surface area contributed by atoms with Crippen LogP contribution in [0.1, 0.15) is 19.3 Å². The van der Waals surface area contributed by atoms with Gasteiger partial charge >= 0.3 is 0 Å². The number of carbonyl (C=O) groups excluding carboxylic acids is 1. The molecule has 1 fully saturated rings. The van der Waals surface area contributed by atoms with Crippen LogP contribution in [0.4, 0.5) is 11.4 Å². The molecule has 0 bridgehead atoms. The Balaban J connectivity index is 1.95. The van der Waals surface area contributed by atoms with E-state index in [1.807, 2.05) is 24.3 Å². The van der Waals surface area contributed by atoms with Gasteiger partial charge in [-0.15, -0.1) is 12.3 Å². The Labute approximate surface area is 114 Å². The summed E-state index contributed by atoms with van der Waals surface area (Å²) in [5.74, 6) is 2.14. The van der Waals surface area contributed by atoms with Gasteiger partial charge in [-0.3, -0.25) is 4.79 Å². The molecule has 19 heavy (non-hydrogen) atoms. The van der Waals surface area contributed by atoms with E-state index in [9.17, 15) is 4.79 Å². The molecule has 0 spiro atoms. The molecule has 1 unspecified atom stereocenters. The first-order valence-corrected chi connectivity index (χ1v) is 6.55. The number of hydrogen-bond donors (Lipinski definition) is 2. The van der Waals surface area contributed by atoms with Gasteiger partial charge in [-0.25, -0.2) is 0 Å². The molecule has 2 rings (SSSR count). The number of nitrogens with two attached hydrogens (primary N) is 1. The molecular weight excluding hydrogens is 238 g/mol. The van der Waals surface area contributed by atoms with Crippen LogP contribution < -0.4 is 16.0 Å². The van der Waals surface area contributed by atoms with Gasteiger partial charge in [-0.2, -0.15) is 0 Å². The van der Waals surface area contributed by atoms with Gasteiger partial charge in [0.25, 0.3) is 0 Å². The Morgan fingerprint density at radius 2 is 2.00 bits per heavy atom. The maximum Gasteiger partial charge on any atom is 0.242 e. The summed E-state index contributed by atoms with van der Waals surface area (Å²) in [7, 11) is 0. The van der Waals surface area contributed by atoms with Gasteiger partial charge < -0.3 is 16.0 Å². The fourth-order valence-corrected chi connectivity index (χ4v) is 2.19. The predicted octanol–water partition coefficient (Wildman–Crippen LogP) is 1.58. The summed E-state index contributed by atoms with van der Waals surface area (Å²) >= 11 is 0. The van der Waals surface area contributed by atoms with Crippen LogP contribution in [0, 0.1) is 12.3 Å². The molecule has 1 amide bonds. The first kappa shape index (κ1) is 13.4. The molecule has 100 valence electrons. The van der Waals surface area contributed by atoms with Gasteiger partial charge in [0.05, 0.1) is 6.04 Å². The molecule has 1 aliphatic rings. The van der Waals surface area contributed by atoms with Crippen molar-refractivity contribution in [2.24, 2.45) is 5.73 Å². The quantitative estimate of drug-likeness (QED) is 0.805. The van der Waals surface area contributed by atoms with Crippen LogP contribution in [-0.4, -0.2) is 25.0 Å². The molecule has 0 saturated carbocycles. The van der Waals surface area contributed by atoms with Gasteiger partial charge in [0.1, 0.15) is 0 Å². The highest BCUT2D eigenvalue weighted by Gasteiger charge is 2.14. The normalized spacial score (nSPS) is 15.9. The van der Waals surface area contributed by atoms with E-state index in [2.05, 4.69) is 16.1 Å². The maximum absolute atomic E-state index is 11.7. The lowest BCUT2D eigenvalue weighted by molar-refractivity contribution is -0.117. The third-order valence-electron chi connectivity index (χ3n) is 3.28. The number of rotatable bonds is 4. The number of hydrogen-bond acceptors (Lipinski definition) is 3. The van der Waals surface area contributed by atoms with Crippen LogP contribution >= 0.6 is 0 Å². The van der Waals surface area contributed by atoms with Crippen molar-refractivity contribution >= 4 is 17.3 Å². The van der Waals surface area contributed by atoms with E-state index in [4.69, 9.17) is 12.2 Å². The van der Waals surface area contributed by atoms with Crippen molar-refractivity contribution in [1.82, 2.24) is 0 Å². The fraction of sp³-hybridized carbons (Fsp3) is 0.400. The monoisotopic (exact) mass is 257 g/mol. The molecule has 1 heterocycles. The SMILES string of the molecule is C#CCC(N)C(=O)Nc1ccc(N2CCCC2)cc1. The zero-order valence-corrected chi connectivity index (χ0v) is 10.9.